The Hall–Kier alpha value is -1.44. The number of piperidine rings is 1. The van der Waals surface area contributed by atoms with Crippen molar-refractivity contribution in [2.45, 2.75) is 26.7 Å². The maximum Gasteiger partial charge on any atom is 0.281 e. The zero-order chi connectivity index (χ0) is 17.2. The van der Waals surface area contributed by atoms with E-state index in [-0.39, 0.29) is 18.4 Å². The van der Waals surface area contributed by atoms with Crippen molar-refractivity contribution in [3.8, 4) is 0 Å². The van der Waals surface area contributed by atoms with Gasteiger partial charge in [0.25, 0.3) is 10.2 Å². The topological polar surface area (TPSA) is 69.7 Å². The molecule has 1 saturated heterocycles. The number of amides is 1. The third kappa shape index (κ3) is 4.31. The van der Waals surface area contributed by atoms with Gasteiger partial charge in [-0.3, -0.25) is 4.79 Å². The summed E-state index contributed by atoms with van der Waals surface area (Å²) >= 11 is 0. The van der Waals surface area contributed by atoms with Gasteiger partial charge in [-0.1, -0.05) is 6.07 Å². The number of hydrogen-bond acceptors (Lipinski definition) is 3. The highest BCUT2D eigenvalue weighted by Gasteiger charge is 2.33. The van der Waals surface area contributed by atoms with Crippen LogP contribution in [0.15, 0.2) is 18.2 Å². The summed E-state index contributed by atoms with van der Waals surface area (Å²) in [6.07, 6.45) is 1.40. The number of benzene rings is 1. The Morgan fingerprint density at radius 1 is 1.22 bits per heavy atom. The summed E-state index contributed by atoms with van der Waals surface area (Å²) in [5, 5.41) is 2.92. The van der Waals surface area contributed by atoms with Gasteiger partial charge in [-0.25, -0.2) is 0 Å². The van der Waals surface area contributed by atoms with Crippen LogP contribution in [-0.4, -0.2) is 50.1 Å². The van der Waals surface area contributed by atoms with Crippen LogP contribution in [0.2, 0.25) is 0 Å². The minimum atomic E-state index is -3.47. The van der Waals surface area contributed by atoms with E-state index < -0.39 is 10.2 Å². The van der Waals surface area contributed by atoms with Gasteiger partial charge in [0, 0.05) is 32.9 Å². The van der Waals surface area contributed by atoms with Gasteiger partial charge in [-0.2, -0.15) is 17.0 Å². The molecule has 0 radical (unpaired) electrons. The second-order valence-electron chi connectivity index (χ2n) is 6.35. The molecule has 6 nitrogen and oxygen atoms in total. The second kappa shape index (κ2) is 6.98. The number of rotatable bonds is 4. The highest BCUT2D eigenvalue weighted by Crippen LogP contribution is 2.22. The smallest absolute Gasteiger partial charge is 0.281 e. The molecule has 1 aromatic rings. The average Bonchev–Trinajstić information content (AvgIpc) is 2.46. The number of nitrogens with zero attached hydrogens (tertiary/aromatic N) is 2. The van der Waals surface area contributed by atoms with Gasteiger partial charge in [-0.15, -0.1) is 0 Å². The Bertz CT molecular complexity index is 666. The van der Waals surface area contributed by atoms with Crippen molar-refractivity contribution in [2.24, 2.45) is 5.92 Å². The third-order valence-electron chi connectivity index (χ3n) is 4.03. The summed E-state index contributed by atoms with van der Waals surface area (Å²) in [7, 11) is -0.449. The lowest BCUT2D eigenvalue weighted by Crippen LogP contribution is -2.47. The molecule has 1 unspecified atom stereocenters. The first-order valence-corrected chi connectivity index (χ1v) is 9.16. The number of carbonyl (C=O) groups is 1. The molecular formula is C16H25N3O3S. The summed E-state index contributed by atoms with van der Waals surface area (Å²) in [5.74, 6) is -0.437. The van der Waals surface area contributed by atoms with Crippen LogP contribution >= 0.6 is 0 Å². The SMILES string of the molecule is Cc1cc(C)cc(NC(=O)C2CCCN(S(=O)(=O)N(C)C)C2)c1. The van der Waals surface area contributed by atoms with Gasteiger partial charge in [-0.05, 0) is 49.9 Å². The van der Waals surface area contributed by atoms with Crippen LogP contribution in [0.4, 0.5) is 5.69 Å². The standard InChI is InChI=1S/C16H25N3O3S/c1-12-8-13(2)10-15(9-12)17-16(20)14-6-5-7-19(11-14)23(21,22)18(3)4/h8-10,14H,5-7,11H2,1-4H3,(H,17,20). The summed E-state index contributed by atoms with van der Waals surface area (Å²) < 4.78 is 27.0. The molecule has 1 aliphatic heterocycles. The Morgan fingerprint density at radius 3 is 2.39 bits per heavy atom. The molecular weight excluding hydrogens is 314 g/mol. The molecule has 7 heteroatoms. The lowest BCUT2D eigenvalue weighted by Gasteiger charge is -2.32. The minimum absolute atomic E-state index is 0.117. The number of hydrogen-bond donors (Lipinski definition) is 1. The summed E-state index contributed by atoms with van der Waals surface area (Å²) in [6.45, 7) is 4.66. The number of anilines is 1. The van der Waals surface area contributed by atoms with Crippen molar-refractivity contribution < 1.29 is 13.2 Å². The van der Waals surface area contributed by atoms with E-state index in [4.69, 9.17) is 0 Å². The van der Waals surface area contributed by atoms with Crippen molar-refractivity contribution in [1.29, 1.82) is 0 Å². The quantitative estimate of drug-likeness (QED) is 0.909. The van der Waals surface area contributed by atoms with E-state index in [9.17, 15) is 13.2 Å². The highest BCUT2D eigenvalue weighted by molar-refractivity contribution is 7.86. The van der Waals surface area contributed by atoms with E-state index >= 15 is 0 Å². The molecule has 0 aromatic heterocycles. The molecule has 1 N–H and O–H groups in total. The van der Waals surface area contributed by atoms with Gasteiger partial charge in [0.1, 0.15) is 0 Å². The molecule has 1 amide bonds. The number of carbonyl (C=O) groups excluding carboxylic acids is 1. The fraction of sp³-hybridized carbons (Fsp3) is 0.562. The van der Waals surface area contributed by atoms with E-state index in [2.05, 4.69) is 5.32 Å². The molecule has 0 bridgehead atoms. The second-order valence-corrected chi connectivity index (χ2v) is 8.50. The van der Waals surface area contributed by atoms with Crippen molar-refractivity contribution in [2.75, 3.05) is 32.5 Å². The third-order valence-corrected chi connectivity index (χ3v) is 5.94. The zero-order valence-corrected chi connectivity index (χ0v) is 15.0. The normalized spacial score (nSPS) is 19.8. The van der Waals surface area contributed by atoms with Crippen LogP contribution in [0, 0.1) is 19.8 Å². The molecule has 2 rings (SSSR count). The van der Waals surface area contributed by atoms with Crippen LogP contribution in [0.3, 0.4) is 0 Å². The van der Waals surface area contributed by atoms with E-state index in [0.717, 1.165) is 16.8 Å². The molecule has 23 heavy (non-hydrogen) atoms. The fourth-order valence-corrected chi connectivity index (χ4v) is 4.08. The maximum atomic E-state index is 12.5. The molecule has 1 heterocycles. The molecule has 0 spiro atoms. The molecule has 1 fully saturated rings. The maximum absolute atomic E-state index is 12.5. The van der Waals surface area contributed by atoms with Crippen molar-refractivity contribution in [3.05, 3.63) is 29.3 Å². The first-order chi connectivity index (χ1) is 10.7. The first kappa shape index (κ1) is 17.9. The Labute approximate surface area is 138 Å². The van der Waals surface area contributed by atoms with Gasteiger partial charge in [0.15, 0.2) is 0 Å². The van der Waals surface area contributed by atoms with Crippen molar-refractivity contribution >= 4 is 21.8 Å². The van der Waals surface area contributed by atoms with Crippen LogP contribution in [0.5, 0.6) is 0 Å². The molecule has 0 saturated carbocycles. The van der Waals surface area contributed by atoms with Crippen LogP contribution in [0.25, 0.3) is 0 Å². The predicted octanol–water partition coefficient (Wildman–Crippen LogP) is 1.76. The summed E-state index contributed by atoms with van der Waals surface area (Å²) in [4.78, 5) is 12.5. The van der Waals surface area contributed by atoms with Crippen LogP contribution in [0.1, 0.15) is 24.0 Å². The van der Waals surface area contributed by atoms with Crippen molar-refractivity contribution in [1.82, 2.24) is 8.61 Å². The zero-order valence-electron chi connectivity index (χ0n) is 14.2. The van der Waals surface area contributed by atoms with Gasteiger partial charge in [0.2, 0.25) is 5.91 Å². The molecule has 1 atom stereocenters. The predicted molar refractivity (Wildman–Crippen MR) is 91.4 cm³/mol. The molecule has 1 aliphatic rings. The lowest BCUT2D eigenvalue weighted by molar-refractivity contribution is -0.120. The van der Waals surface area contributed by atoms with E-state index in [1.807, 2.05) is 32.0 Å². The van der Waals surface area contributed by atoms with Gasteiger partial charge >= 0.3 is 0 Å². The molecule has 0 aliphatic carbocycles. The monoisotopic (exact) mass is 339 g/mol. The summed E-state index contributed by atoms with van der Waals surface area (Å²) in [5.41, 5.74) is 2.93. The largest absolute Gasteiger partial charge is 0.326 e. The summed E-state index contributed by atoms with van der Waals surface area (Å²) in [6, 6.07) is 5.88. The highest BCUT2D eigenvalue weighted by atomic mass is 32.2. The van der Waals surface area contributed by atoms with E-state index in [1.165, 1.54) is 22.7 Å². The van der Waals surface area contributed by atoms with Crippen LogP contribution < -0.4 is 5.32 Å². The minimum Gasteiger partial charge on any atom is -0.326 e. The van der Waals surface area contributed by atoms with Gasteiger partial charge < -0.3 is 5.32 Å². The first-order valence-electron chi connectivity index (χ1n) is 7.77. The van der Waals surface area contributed by atoms with E-state index in [0.29, 0.717) is 19.4 Å². The Morgan fingerprint density at radius 2 is 1.83 bits per heavy atom. The number of nitrogens with one attached hydrogen (secondary N) is 1. The van der Waals surface area contributed by atoms with Gasteiger partial charge in [0.05, 0.1) is 5.92 Å². The molecule has 128 valence electrons. The van der Waals surface area contributed by atoms with Crippen LogP contribution in [-0.2, 0) is 15.0 Å². The number of aryl methyl sites for hydroxylation is 2. The Balaban J connectivity index is 2.07. The van der Waals surface area contributed by atoms with Crippen molar-refractivity contribution in [3.63, 3.8) is 0 Å². The fourth-order valence-electron chi connectivity index (χ4n) is 2.89. The Kier molecular flexibility index (Phi) is 5.44. The van der Waals surface area contributed by atoms with E-state index in [1.54, 1.807) is 0 Å². The average molecular weight is 339 g/mol. The lowest BCUT2D eigenvalue weighted by atomic mass is 9.98. The molecule has 1 aromatic carbocycles.